The van der Waals surface area contributed by atoms with Gasteiger partial charge in [-0.1, -0.05) is 234 Å². The third-order valence-electron chi connectivity index (χ3n) is 11.2. The van der Waals surface area contributed by atoms with Crippen LogP contribution in [0.5, 0.6) is 0 Å². The Morgan fingerprint density at radius 3 is 1.03 bits per heavy atom. The van der Waals surface area contributed by atoms with Crippen molar-refractivity contribution >= 4 is 19.8 Å². The van der Waals surface area contributed by atoms with Crippen molar-refractivity contribution in [3.63, 3.8) is 0 Å². The van der Waals surface area contributed by atoms with E-state index in [4.69, 9.17) is 18.5 Å². The van der Waals surface area contributed by atoms with E-state index < -0.39 is 58.4 Å². The van der Waals surface area contributed by atoms with Crippen LogP contribution in [0.1, 0.15) is 226 Å². The summed E-state index contributed by atoms with van der Waals surface area (Å²) >= 11 is 0. The van der Waals surface area contributed by atoms with Crippen LogP contribution in [0.25, 0.3) is 0 Å². The molecule has 0 bridgehead atoms. The normalized spacial score (nSPS) is 14.2. The SMILES string of the molecule is CC/C=C\C/C=C\C/C=C\C/C=C\C/C=C\C/C=C\CCC(=O)OC(CO)COP(=O)(O)OCC(CO)OC(=O)CCCCCCCCCCCCCCCCCCCCCCCCCC. The molecule has 382 valence electrons. The van der Waals surface area contributed by atoms with Crippen LogP contribution < -0.4 is 0 Å². The lowest BCUT2D eigenvalue weighted by molar-refractivity contribution is -0.153. The monoisotopic (exact) mass is 949 g/mol. The van der Waals surface area contributed by atoms with Crippen molar-refractivity contribution in [1.82, 2.24) is 0 Å². The highest BCUT2D eigenvalue weighted by molar-refractivity contribution is 7.47. The average Bonchev–Trinajstić information content (AvgIpc) is 3.31. The summed E-state index contributed by atoms with van der Waals surface area (Å²) < 4.78 is 32.7. The van der Waals surface area contributed by atoms with E-state index in [1.54, 1.807) is 0 Å². The van der Waals surface area contributed by atoms with Gasteiger partial charge in [0.15, 0.2) is 0 Å². The molecule has 3 N–H and O–H groups in total. The summed E-state index contributed by atoms with van der Waals surface area (Å²) in [6, 6.07) is 0. The quantitative estimate of drug-likeness (QED) is 0.0233. The van der Waals surface area contributed by atoms with E-state index in [-0.39, 0.29) is 12.8 Å². The summed E-state index contributed by atoms with van der Waals surface area (Å²) in [7, 11) is -4.67. The number of carbonyl (C=O) groups excluding carboxylic acids is 2. The number of ether oxygens (including phenoxy) is 2. The van der Waals surface area contributed by atoms with Gasteiger partial charge in [0.2, 0.25) is 0 Å². The van der Waals surface area contributed by atoms with E-state index in [0.29, 0.717) is 12.8 Å². The van der Waals surface area contributed by atoms with Gasteiger partial charge in [-0.3, -0.25) is 18.6 Å². The predicted molar refractivity (Wildman–Crippen MR) is 274 cm³/mol. The van der Waals surface area contributed by atoms with Crippen LogP contribution in [0, 0.1) is 0 Å². The van der Waals surface area contributed by atoms with E-state index in [9.17, 15) is 29.3 Å². The van der Waals surface area contributed by atoms with Crippen molar-refractivity contribution in [2.75, 3.05) is 26.4 Å². The minimum atomic E-state index is -4.67. The molecule has 0 aromatic carbocycles. The van der Waals surface area contributed by atoms with Gasteiger partial charge in [-0.15, -0.1) is 0 Å². The molecule has 3 atom stereocenters. The first-order chi connectivity index (χ1) is 32.3. The Morgan fingerprint density at radius 1 is 0.424 bits per heavy atom. The van der Waals surface area contributed by atoms with Crippen molar-refractivity contribution in [2.45, 2.75) is 238 Å². The zero-order chi connectivity index (χ0) is 48.3. The molecule has 11 heteroatoms. The largest absolute Gasteiger partial charge is 0.472 e. The highest BCUT2D eigenvalue weighted by Crippen LogP contribution is 2.43. The highest BCUT2D eigenvalue weighted by atomic mass is 31.2. The zero-order valence-electron chi connectivity index (χ0n) is 41.9. The molecule has 0 aliphatic rings. The molecule has 3 unspecified atom stereocenters. The molecular weight excluding hydrogens is 852 g/mol. The Kier molecular flexibility index (Phi) is 48.3. The number of phosphoric acid groups is 1. The van der Waals surface area contributed by atoms with Gasteiger partial charge in [-0.05, 0) is 51.4 Å². The molecule has 10 nitrogen and oxygen atoms in total. The zero-order valence-corrected chi connectivity index (χ0v) is 42.8. The number of hydrogen-bond donors (Lipinski definition) is 3. The Bertz CT molecular complexity index is 1320. The molecule has 0 spiro atoms. The smallest absolute Gasteiger partial charge is 0.457 e. The van der Waals surface area contributed by atoms with Crippen molar-refractivity contribution < 1.29 is 47.8 Å². The first kappa shape index (κ1) is 63.4. The minimum absolute atomic E-state index is 0.0646. The van der Waals surface area contributed by atoms with Gasteiger partial charge in [0.05, 0.1) is 26.4 Å². The third kappa shape index (κ3) is 47.9. The van der Waals surface area contributed by atoms with Crippen molar-refractivity contribution in [3.05, 3.63) is 72.9 Å². The predicted octanol–water partition coefficient (Wildman–Crippen LogP) is 15.2. The highest BCUT2D eigenvalue weighted by Gasteiger charge is 2.27. The molecule has 0 aliphatic heterocycles. The molecule has 0 heterocycles. The third-order valence-corrected chi connectivity index (χ3v) is 12.1. The Balaban J connectivity index is 3.88. The molecule has 0 radical (unpaired) electrons. The Labute approximate surface area is 403 Å². The standard InChI is InChI=1S/C55H97O10P/c1-3-5-7-9-11-13-15-17-19-21-23-24-25-26-27-29-31-33-35-37-39-41-43-45-47-55(59)65-53(49-57)51-63-66(60,61)62-50-52(48-56)64-54(58)46-44-42-40-38-36-34-32-30-28-22-20-18-16-14-12-10-8-6-4-2/h6,8,12,14,18,20,28,30,34,36,40,42,52-53,56-57H,3-5,7,9-11,13,15-17,19,21-27,29,31-33,35,37-39,41,43-51H2,1-2H3,(H,60,61)/b8-6-,14-12-,20-18-,30-28-,36-34-,42-40-. The fraction of sp³-hybridized carbons (Fsp3) is 0.745. The fourth-order valence-electron chi connectivity index (χ4n) is 7.20. The number of aliphatic hydroxyl groups excluding tert-OH is 2. The molecule has 0 fully saturated rings. The fourth-order valence-corrected chi connectivity index (χ4v) is 7.99. The van der Waals surface area contributed by atoms with Crippen LogP contribution in [0.2, 0.25) is 0 Å². The van der Waals surface area contributed by atoms with Gasteiger partial charge in [0, 0.05) is 12.8 Å². The average molecular weight is 949 g/mol. The second-order valence-corrected chi connectivity index (χ2v) is 18.9. The van der Waals surface area contributed by atoms with E-state index in [1.165, 1.54) is 128 Å². The number of unbranched alkanes of at least 4 members (excludes halogenated alkanes) is 23. The number of allylic oxidation sites excluding steroid dienone is 12. The summed E-state index contributed by atoms with van der Waals surface area (Å²) in [5.74, 6) is -1.10. The molecule has 0 aromatic rings. The second kappa shape index (κ2) is 50.3. The topological polar surface area (TPSA) is 149 Å². The second-order valence-electron chi connectivity index (χ2n) is 17.5. The number of carbonyl (C=O) groups is 2. The van der Waals surface area contributed by atoms with Gasteiger partial charge in [-0.25, -0.2) is 4.57 Å². The minimum Gasteiger partial charge on any atom is -0.457 e. The summed E-state index contributed by atoms with van der Waals surface area (Å²) in [5.41, 5.74) is 0. The van der Waals surface area contributed by atoms with Crippen molar-refractivity contribution in [3.8, 4) is 0 Å². The van der Waals surface area contributed by atoms with E-state index in [1.807, 2.05) is 12.2 Å². The van der Waals surface area contributed by atoms with E-state index >= 15 is 0 Å². The number of esters is 2. The number of phosphoric ester groups is 1. The molecule has 0 amide bonds. The van der Waals surface area contributed by atoms with Gasteiger partial charge >= 0.3 is 19.8 Å². The summed E-state index contributed by atoms with van der Waals surface area (Å²) in [4.78, 5) is 34.7. The molecule has 0 aromatic heterocycles. The lowest BCUT2D eigenvalue weighted by Crippen LogP contribution is -2.28. The molecule has 0 aliphatic carbocycles. The van der Waals surface area contributed by atoms with Crippen LogP contribution in [0.4, 0.5) is 0 Å². The summed E-state index contributed by atoms with van der Waals surface area (Å²) in [6.07, 6.45) is 60.5. The molecule has 0 rings (SSSR count). The maximum atomic E-state index is 12.4. The summed E-state index contributed by atoms with van der Waals surface area (Å²) in [5, 5.41) is 19.2. The van der Waals surface area contributed by atoms with E-state index in [0.717, 1.165) is 57.8 Å². The van der Waals surface area contributed by atoms with Crippen molar-refractivity contribution in [1.29, 1.82) is 0 Å². The molecular formula is C55H97O10P. The molecule has 66 heavy (non-hydrogen) atoms. The number of rotatable bonds is 49. The first-order valence-corrected chi connectivity index (χ1v) is 27.9. The van der Waals surface area contributed by atoms with Crippen LogP contribution in [0.3, 0.4) is 0 Å². The maximum Gasteiger partial charge on any atom is 0.472 e. The first-order valence-electron chi connectivity index (χ1n) is 26.4. The lowest BCUT2D eigenvalue weighted by Gasteiger charge is -2.20. The van der Waals surface area contributed by atoms with Crippen LogP contribution in [-0.4, -0.2) is 65.7 Å². The van der Waals surface area contributed by atoms with Gasteiger partial charge in [0.25, 0.3) is 0 Å². The Hall–Kier alpha value is -2.59. The maximum absolute atomic E-state index is 12.4. The number of hydrogen-bond acceptors (Lipinski definition) is 9. The number of aliphatic hydroxyl groups is 2. The van der Waals surface area contributed by atoms with Crippen molar-refractivity contribution in [2.24, 2.45) is 0 Å². The van der Waals surface area contributed by atoms with Gasteiger partial charge in [0.1, 0.15) is 12.2 Å². The van der Waals surface area contributed by atoms with Gasteiger partial charge < -0.3 is 24.6 Å². The summed E-state index contributed by atoms with van der Waals surface area (Å²) in [6.45, 7) is 2.04. The van der Waals surface area contributed by atoms with E-state index in [2.05, 4.69) is 74.6 Å². The lowest BCUT2D eigenvalue weighted by atomic mass is 10.0. The Morgan fingerprint density at radius 2 is 0.712 bits per heavy atom. The van der Waals surface area contributed by atoms with Crippen LogP contribution >= 0.6 is 7.82 Å². The van der Waals surface area contributed by atoms with Crippen LogP contribution in [0.15, 0.2) is 72.9 Å². The molecule has 0 saturated heterocycles. The van der Waals surface area contributed by atoms with Gasteiger partial charge in [-0.2, -0.15) is 0 Å². The van der Waals surface area contributed by atoms with Crippen LogP contribution in [-0.2, 0) is 32.7 Å². The molecule has 0 saturated carbocycles.